The standard InChI is InChI=1S/C21H25NO4.ClH/c1-3-7-16-8-6-11-20(23-2)21(16)24-13-12-22-14-17-15-25-18-9-4-5-10-19(18)26-17;/h3-6,8-11,17,22H,1,7,12-15H2,2H3;1H/t17-;/m0./s1. The summed E-state index contributed by atoms with van der Waals surface area (Å²) in [5.41, 5.74) is 1.07. The fraction of sp³-hybridized carbons (Fsp3) is 0.333. The molecule has 0 saturated heterocycles. The molecule has 0 radical (unpaired) electrons. The lowest BCUT2D eigenvalue weighted by atomic mass is 10.1. The van der Waals surface area contributed by atoms with Crippen LogP contribution < -0.4 is 24.3 Å². The minimum Gasteiger partial charge on any atom is -0.493 e. The number of halogens is 1. The smallest absolute Gasteiger partial charge is 0.164 e. The molecule has 5 nitrogen and oxygen atoms in total. The van der Waals surface area contributed by atoms with Gasteiger partial charge in [-0.1, -0.05) is 30.3 Å². The van der Waals surface area contributed by atoms with Crippen molar-refractivity contribution in [1.29, 1.82) is 0 Å². The number of nitrogens with one attached hydrogen (secondary N) is 1. The third kappa shape index (κ3) is 5.55. The molecule has 0 aliphatic carbocycles. The van der Waals surface area contributed by atoms with Crippen LogP contribution in [0.5, 0.6) is 23.0 Å². The van der Waals surface area contributed by atoms with E-state index in [0.717, 1.165) is 35.0 Å². The van der Waals surface area contributed by atoms with Crippen LogP contribution in [0.1, 0.15) is 5.56 Å². The van der Waals surface area contributed by atoms with Crippen molar-refractivity contribution in [2.45, 2.75) is 12.5 Å². The number of ether oxygens (including phenoxy) is 4. The lowest BCUT2D eigenvalue weighted by molar-refractivity contribution is 0.0897. The van der Waals surface area contributed by atoms with Gasteiger partial charge >= 0.3 is 0 Å². The van der Waals surface area contributed by atoms with Gasteiger partial charge in [0.2, 0.25) is 0 Å². The van der Waals surface area contributed by atoms with Gasteiger partial charge in [0.05, 0.1) is 7.11 Å². The molecule has 1 heterocycles. The second-order valence-corrected chi connectivity index (χ2v) is 5.99. The van der Waals surface area contributed by atoms with Gasteiger partial charge in [-0.2, -0.15) is 0 Å². The summed E-state index contributed by atoms with van der Waals surface area (Å²) in [6, 6.07) is 13.6. The largest absolute Gasteiger partial charge is 0.493 e. The van der Waals surface area contributed by atoms with Crippen molar-refractivity contribution in [2.75, 3.05) is 33.4 Å². The maximum atomic E-state index is 5.95. The van der Waals surface area contributed by atoms with Crippen molar-refractivity contribution >= 4 is 12.4 Å². The average Bonchev–Trinajstić information content (AvgIpc) is 2.68. The van der Waals surface area contributed by atoms with E-state index in [2.05, 4.69) is 11.9 Å². The molecule has 0 bridgehead atoms. The van der Waals surface area contributed by atoms with E-state index in [4.69, 9.17) is 18.9 Å². The summed E-state index contributed by atoms with van der Waals surface area (Å²) in [6.45, 7) is 6.27. The zero-order valence-corrected chi connectivity index (χ0v) is 16.3. The Morgan fingerprint density at radius 3 is 2.78 bits per heavy atom. The molecule has 2 aromatic carbocycles. The molecule has 2 aromatic rings. The number of hydrogen-bond donors (Lipinski definition) is 1. The predicted octanol–water partition coefficient (Wildman–Crippen LogP) is 3.65. The summed E-state index contributed by atoms with van der Waals surface area (Å²) in [7, 11) is 1.65. The highest BCUT2D eigenvalue weighted by Gasteiger charge is 2.19. The second kappa shape index (κ2) is 10.7. The lowest BCUT2D eigenvalue weighted by Crippen LogP contribution is -2.39. The van der Waals surface area contributed by atoms with Crippen LogP contribution >= 0.6 is 12.4 Å². The summed E-state index contributed by atoms with van der Waals surface area (Å²) < 4.78 is 23.0. The van der Waals surface area contributed by atoms with Crippen LogP contribution in [0.3, 0.4) is 0 Å². The molecular formula is C21H26ClNO4. The number of benzene rings is 2. The number of rotatable bonds is 9. The van der Waals surface area contributed by atoms with Crippen molar-refractivity contribution in [3.8, 4) is 23.0 Å². The van der Waals surface area contributed by atoms with Gasteiger partial charge < -0.3 is 24.3 Å². The van der Waals surface area contributed by atoms with Gasteiger partial charge in [-0.15, -0.1) is 19.0 Å². The first-order chi connectivity index (χ1) is 12.8. The molecule has 1 atom stereocenters. The number of para-hydroxylation sites is 3. The van der Waals surface area contributed by atoms with Gasteiger partial charge in [0.15, 0.2) is 23.0 Å². The van der Waals surface area contributed by atoms with E-state index in [0.29, 0.717) is 26.3 Å². The van der Waals surface area contributed by atoms with Gasteiger partial charge in [0.1, 0.15) is 19.3 Å². The first-order valence-electron chi connectivity index (χ1n) is 8.80. The third-order valence-electron chi connectivity index (χ3n) is 4.11. The summed E-state index contributed by atoms with van der Waals surface area (Å²) in [5, 5.41) is 3.35. The van der Waals surface area contributed by atoms with Crippen molar-refractivity contribution in [3.63, 3.8) is 0 Å². The van der Waals surface area contributed by atoms with E-state index >= 15 is 0 Å². The Bertz CT molecular complexity index is 738. The molecule has 0 unspecified atom stereocenters. The molecule has 1 aliphatic heterocycles. The quantitative estimate of drug-likeness (QED) is 0.522. The zero-order valence-electron chi connectivity index (χ0n) is 15.5. The van der Waals surface area contributed by atoms with Gasteiger partial charge in [-0.25, -0.2) is 0 Å². The van der Waals surface area contributed by atoms with E-state index < -0.39 is 0 Å². The Kier molecular flexibility index (Phi) is 8.30. The maximum absolute atomic E-state index is 5.95. The number of hydrogen-bond acceptors (Lipinski definition) is 5. The third-order valence-corrected chi connectivity index (χ3v) is 4.11. The van der Waals surface area contributed by atoms with E-state index in [1.807, 2.05) is 48.5 Å². The normalized spacial score (nSPS) is 14.8. The second-order valence-electron chi connectivity index (χ2n) is 5.99. The minimum absolute atomic E-state index is 0. The van der Waals surface area contributed by atoms with Crippen LogP contribution in [0.25, 0.3) is 0 Å². The van der Waals surface area contributed by atoms with E-state index in [-0.39, 0.29) is 18.5 Å². The van der Waals surface area contributed by atoms with Crippen LogP contribution in [0.4, 0.5) is 0 Å². The SMILES string of the molecule is C=CCc1cccc(OC)c1OCCNC[C@H]1COc2ccccc2O1.Cl. The van der Waals surface area contributed by atoms with Crippen molar-refractivity contribution in [1.82, 2.24) is 5.32 Å². The fourth-order valence-corrected chi connectivity index (χ4v) is 2.85. The number of fused-ring (bicyclic) bond motifs is 1. The monoisotopic (exact) mass is 391 g/mol. The Morgan fingerprint density at radius 1 is 1.19 bits per heavy atom. The van der Waals surface area contributed by atoms with Crippen molar-refractivity contribution in [2.24, 2.45) is 0 Å². The van der Waals surface area contributed by atoms with E-state index in [9.17, 15) is 0 Å². The Morgan fingerprint density at radius 2 is 2.00 bits per heavy atom. The Labute approximate surface area is 166 Å². The molecule has 0 saturated carbocycles. The molecule has 146 valence electrons. The van der Waals surface area contributed by atoms with Crippen molar-refractivity contribution < 1.29 is 18.9 Å². The lowest BCUT2D eigenvalue weighted by Gasteiger charge is -2.26. The van der Waals surface area contributed by atoms with Crippen LogP contribution in [0.2, 0.25) is 0 Å². The Hall–Kier alpha value is -2.37. The number of methoxy groups -OCH3 is 1. The van der Waals surface area contributed by atoms with Gasteiger partial charge in [0, 0.05) is 18.7 Å². The van der Waals surface area contributed by atoms with Gasteiger partial charge in [-0.05, 0) is 24.6 Å². The highest BCUT2D eigenvalue weighted by Crippen LogP contribution is 2.32. The van der Waals surface area contributed by atoms with Crippen LogP contribution in [-0.2, 0) is 6.42 Å². The summed E-state index contributed by atoms with van der Waals surface area (Å²) >= 11 is 0. The molecular weight excluding hydrogens is 366 g/mol. The fourth-order valence-electron chi connectivity index (χ4n) is 2.85. The predicted molar refractivity (Wildman–Crippen MR) is 109 cm³/mol. The molecule has 0 spiro atoms. The van der Waals surface area contributed by atoms with Gasteiger partial charge in [0.25, 0.3) is 0 Å². The van der Waals surface area contributed by atoms with Crippen LogP contribution in [-0.4, -0.2) is 39.5 Å². The van der Waals surface area contributed by atoms with E-state index in [1.165, 1.54) is 0 Å². The molecule has 1 N–H and O–H groups in total. The summed E-state index contributed by atoms with van der Waals surface area (Å²) in [5.74, 6) is 3.12. The molecule has 0 aromatic heterocycles. The zero-order chi connectivity index (χ0) is 18.2. The summed E-state index contributed by atoms with van der Waals surface area (Å²) in [4.78, 5) is 0. The maximum Gasteiger partial charge on any atom is 0.164 e. The highest BCUT2D eigenvalue weighted by atomic mass is 35.5. The molecule has 0 amide bonds. The minimum atomic E-state index is -0.00696. The van der Waals surface area contributed by atoms with Crippen LogP contribution in [0, 0.1) is 0 Å². The molecule has 6 heteroatoms. The Balaban J connectivity index is 0.00000261. The molecule has 27 heavy (non-hydrogen) atoms. The molecule has 1 aliphatic rings. The van der Waals surface area contributed by atoms with Crippen molar-refractivity contribution in [3.05, 3.63) is 60.7 Å². The van der Waals surface area contributed by atoms with E-state index in [1.54, 1.807) is 7.11 Å². The summed E-state index contributed by atoms with van der Waals surface area (Å²) in [6.07, 6.45) is 2.59. The van der Waals surface area contributed by atoms with Crippen LogP contribution in [0.15, 0.2) is 55.1 Å². The highest BCUT2D eigenvalue weighted by molar-refractivity contribution is 5.85. The topological polar surface area (TPSA) is 49.0 Å². The van der Waals surface area contributed by atoms with Gasteiger partial charge in [-0.3, -0.25) is 0 Å². The molecule has 0 fully saturated rings. The molecule has 3 rings (SSSR count). The first-order valence-corrected chi connectivity index (χ1v) is 8.80. The average molecular weight is 392 g/mol. The first kappa shape index (κ1) is 20.9. The number of allylic oxidation sites excluding steroid dienone is 1.